The first-order chi connectivity index (χ1) is 14.3. The fraction of sp³-hybridized carbons (Fsp3) is 0. The van der Waals surface area contributed by atoms with Gasteiger partial charge >= 0.3 is 5.69 Å². The van der Waals surface area contributed by atoms with E-state index in [-0.39, 0.29) is 5.69 Å². The smallest absolute Gasteiger partial charge is 0.303 e. The number of hydrogen-bond acceptors (Lipinski definition) is 5. The van der Waals surface area contributed by atoms with Crippen molar-refractivity contribution in [3.8, 4) is 11.6 Å². The minimum absolute atomic E-state index is 0.279. The zero-order valence-electron chi connectivity index (χ0n) is 15.0. The Labute approximate surface area is 163 Å². The molecule has 8 nitrogen and oxygen atoms in total. The Morgan fingerprint density at radius 3 is 2.72 bits per heavy atom. The fourth-order valence-corrected chi connectivity index (χ4v) is 3.63. The third-order valence-corrected chi connectivity index (χ3v) is 4.95. The van der Waals surface area contributed by atoms with Crippen molar-refractivity contribution in [2.24, 2.45) is 0 Å². The van der Waals surface area contributed by atoms with Crippen molar-refractivity contribution in [1.82, 2.24) is 34.1 Å². The summed E-state index contributed by atoms with van der Waals surface area (Å²) in [6.45, 7) is 0. The third-order valence-electron chi connectivity index (χ3n) is 4.95. The van der Waals surface area contributed by atoms with Crippen LogP contribution in [0.3, 0.4) is 0 Å². The standard InChI is InChI=1S/C21H13N7O/c29-21-25-16-11-23-20(27-12-24-15-6-1-2-8-18(15)27)26-19(16)28(21)17-9-3-7-14-13(17)5-4-10-22-14/h1-12H,(H,25,29). The first-order valence-electron chi connectivity index (χ1n) is 9.04. The van der Waals surface area contributed by atoms with Crippen molar-refractivity contribution in [3.63, 3.8) is 0 Å². The molecule has 0 atom stereocenters. The molecule has 0 saturated heterocycles. The Morgan fingerprint density at radius 2 is 1.76 bits per heavy atom. The number of H-pyrrole nitrogens is 1. The van der Waals surface area contributed by atoms with E-state index in [4.69, 9.17) is 4.98 Å². The van der Waals surface area contributed by atoms with E-state index in [0.717, 1.165) is 21.9 Å². The zero-order chi connectivity index (χ0) is 19.4. The number of hydrogen-bond donors (Lipinski definition) is 1. The molecule has 0 aliphatic carbocycles. The fourth-order valence-electron chi connectivity index (χ4n) is 3.63. The van der Waals surface area contributed by atoms with Crippen LogP contribution >= 0.6 is 0 Å². The van der Waals surface area contributed by atoms with Gasteiger partial charge in [-0.2, -0.15) is 4.98 Å². The minimum atomic E-state index is -0.279. The summed E-state index contributed by atoms with van der Waals surface area (Å²) in [6.07, 6.45) is 5.03. The molecule has 0 fully saturated rings. The summed E-state index contributed by atoms with van der Waals surface area (Å²) in [4.78, 5) is 33.5. The normalized spacial score (nSPS) is 11.6. The molecule has 0 radical (unpaired) electrons. The predicted molar refractivity (Wildman–Crippen MR) is 109 cm³/mol. The van der Waals surface area contributed by atoms with Crippen LogP contribution in [0.15, 0.2) is 78.1 Å². The number of aromatic amines is 1. The largest absolute Gasteiger partial charge is 0.332 e. The second kappa shape index (κ2) is 5.83. The number of nitrogens with zero attached hydrogens (tertiary/aromatic N) is 6. The van der Waals surface area contributed by atoms with Crippen LogP contribution in [0.25, 0.3) is 44.7 Å². The van der Waals surface area contributed by atoms with Gasteiger partial charge in [0, 0.05) is 11.6 Å². The molecule has 1 N–H and O–H groups in total. The summed E-state index contributed by atoms with van der Waals surface area (Å²) in [7, 11) is 0. The van der Waals surface area contributed by atoms with Gasteiger partial charge in [-0.05, 0) is 36.4 Å². The topological polar surface area (TPSA) is 94.3 Å². The average Bonchev–Trinajstić information content (AvgIpc) is 3.33. The highest BCUT2D eigenvalue weighted by molar-refractivity contribution is 5.89. The molecule has 4 heterocycles. The maximum atomic E-state index is 12.8. The SMILES string of the molecule is O=c1[nH]c2cnc(-n3cnc4ccccc43)nc2n1-c1cccc2ncccc12. The number of fused-ring (bicyclic) bond motifs is 3. The van der Waals surface area contributed by atoms with Gasteiger partial charge in [0.1, 0.15) is 11.8 Å². The third kappa shape index (κ3) is 2.29. The summed E-state index contributed by atoms with van der Waals surface area (Å²) in [5.41, 5.74) is 4.04. The molecule has 0 aliphatic rings. The van der Waals surface area contributed by atoms with Gasteiger partial charge in [0.15, 0.2) is 5.65 Å². The molecule has 0 bridgehead atoms. The number of nitrogens with one attached hydrogen (secondary N) is 1. The van der Waals surface area contributed by atoms with E-state index in [0.29, 0.717) is 22.8 Å². The van der Waals surface area contributed by atoms with E-state index in [1.165, 1.54) is 0 Å². The first kappa shape index (κ1) is 15.7. The summed E-state index contributed by atoms with van der Waals surface area (Å²) in [5.74, 6) is 0.442. The summed E-state index contributed by atoms with van der Waals surface area (Å²) < 4.78 is 3.37. The lowest BCUT2D eigenvalue weighted by atomic mass is 10.2. The summed E-state index contributed by atoms with van der Waals surface area (Å²) >= 11 is 0. The van der Waals surface area contributed by atoms with Crippen LogP contribution in [0, 0.1) is 0 Å². The van der Waals surface area contributed by atoms with Gasteiger partial charge in [-0.25, -0.2) is 19.3 Å². The Bertz CT molecular complexity index is 1590. The van der Waals surface area contributed by atoms with Gasteiger partial charge in [0.25, 0.3) is 0 Å². The van der Waals surface area contributed by atoms with Crippen LogP contribution in [-0.4, -0.2) is 34.1 Å². The van der Waals surface area contributed by atoms with Crippen LogP contribution in [-0.2, 0) is 0 Å². The molecule has 0 amide bonds. The van der Waals surface area contributed by atoms with Crippen molar-refractivity contribution in [1.29, 1.82) is 0 Å². The molecule has 0 saturated carbocycles. The number of benzene rings is 2. The van der Waals surface area contributed by atoms with Crippen LogP contribution < -0.4 is 5.69 Å². The van der Waals surface area contributed by atoms with Crippen molar-refractivity contribution < 1.29 is 0 Å². The van der Waals surface area contributed by atoms with Crippen molar-refractivity contribution in [3.05, 3.63) is 83.8 Å². The maximum absolute atomic E-state index is 12.8. The van der Waals surface area contributed by atoms with Crippen LogP contribution in [0.4, 0.5) is 0 Å². The van der Waals surface area contributed by atoms with Gasteiger partial charge in [-0.1, -0.05) is 18.2 Å². The Morgan fingerprint density at radius 1 is 0.862 bits per heavy atom. The lowest BCUT2D eigenvalue weighted by Gasteiger charge is -2.08. The number of pyridine rings is 1. The van der Waals surface area contributed by atoms with Crippen molar-refractivity contribution in [2.45, 2.75) is 0 Å². The van der Waals surface area contributed by atoms with Crippen molar-refractivity contribution >= 4 is 33.1 Å². The Hall–Kier alpha value is -4.33. The molecule has 0 aliphatic heterocycles. The summed E-state index contributed by atoms with van der Waals surface area (Å²) in [6, 6.07) is 17.2. The van der Waals surface area contributed by atoms with E-state index in [1.54, 1.807) is 27.9 Å². The second-order valence-electron chi connectivity index (χ2n) is 6.62. The molecule has 138 valence electrons. The summed E-state index contributed by atoms with van der Waals surface area (Å²) in [5, 5.41) is 0.867. The highest BCUT2D eigenvalue weighted by Crippen LogP contribution is 2.23. The average molecular weight is 379 g/mol. The molecule has 6 aromatic rings. The first-order valence-corrected chi connectivity index (χ1v) is 9.04. The molecular formula is C21H13N7O. The molecule has 8 heteroatoms. The van der Waals surface area contributed by atoms with Gasteiger partial charge in [0.05, 0.1) is 28.4 Å². The number of para-hydroxylation sites is 2. The van der Waals surface area contributed by atoms with Gasteiger partial charge in [0.2, 0.25) is 5.95 Å². The van der Waals surface area contributed by atoms with Gasteiger partial charge in [-0.3, -0.25) is 9.55 Å². The lowest BCUT2D eigenvalue weighted by Crippen LogP contribution is -2.15. The molecule has 4 aromatic heterocycles. The highest BCUT2D eigenvalue weighted by atomic mass is 16.1. The predicted octanol–water partition coefficient (Wildman–Crippen LogP) is 3.00. The molecule has 0 spiro atoms. The van der Waals surface area contributed by atoms with Gasteiger partial charge in [-0.15, -0.1) is 0 Å². The van der Waals surface area contributed by atoms with E-state index in [2.05, 4.69) is 19.9 Å². The quantitative estimate of drug-likeness (QED) is 0.499. The number of aromatic nitrogens is 7. The number of imidazole rings is 2. The van der Waals surface area contributed by atoms with E-state index < -0.39 is 0 Å². The van der Waals surface area contributed by atoms with Crippen LogP contribution in [0.5, 0.6) is 0 Å². The van der Waals surface area contributed by atoms with Gasteiger partial charge < -0.3 is 4.98 Å². The molecule has 2 aromatic carbocycles. The lowest BCUT2D eigenvalue weighted by molar-refractivity contribution is 0.944. The molecule has 29 heavy (non-hydrogen) atoms. The monoisotopic (exact) mass is 379 g/mol. The molecule has 6 rings (SSSR count). The van der Waals surface area contributed by atoms with E-state index in [1.807, 2.05) is 54.6 Å². The van der Waals surface area contributed by atoms with Crippen molar-refractivity contribution in [2.75, 3.05) is 0 Å². The van der Waals surface area contributed by atoms with E-state index >= 15 is 0 Å². The number of rotatable bonds is 2. The second-order valence-corrected chi connectivity index (χ2v) is 6.62. The highest BCUT2D eigenvalue weighted by Gasteiger charge is 2.15. The van der Waals surface area contributed by atoms with Crippen LogP contribution in [0.1, 0.15) is 0 Å². The zero-order valence-corrected chi connectivity index (χ0v) is 15.0. The molecular weight excluding hydrogens is 366 g/mol. The Kier molecular flexibility index (Phi) is 3.16. The minimum Gasteiger partial charge on any atom is -0.303 e. The molecule has 0 unspecified atom stereocenters. The maximum Gasteiger partial charge on any atom is 0.332 e. The Balaban J connectivity index is 1.65. The van der Waals surface area contributed by atoms with Crippen LogP contribution in [0.2, 0.25) is 0 Å². The van der Waals surface area contributed by atoms with E-state index in [9.17, 15) is 4.79 Å².